The molecule has 1 aromatic heterocycles. The van der Waals surface area contributed by atoms with Crippen molar-refractivity contribution >= 4 is 23.7 Å². The Kier molecular flexibility index (Phi) is 7.68. The number of ether oxygens (including phenoxy) is 2. The van der Waals surface area contributed by atoms with Gasteiger partial charge in [0.25, 0.3) is 11.5 Å². The first-order chi connectivity index (χ1) is 15.4. The SMILES string of the molecule is CCOc1c(Cl)cc(/C=N\NC(=O)c2cccn(Cc3ccc(C)cc3)c2=O)cc1OC. The number of carbonyl (C=O) groups is 1. The molecule has 166 valence electrons. The average molecular weight is 454 g/mol. The predicted molar refractivity (Wildman–Crippen MR) is 125 cm³/mol. The van der Waals surface area contributed by atoms with E-state index in [2.05, 4.69) is 10.5 Å². The second-order valence-electron chi connectivity index (χ2n) is 7.01. The van der Waals surface area contributed by atoms with Gasteiger partial charge in [-0.05, 0) is 49.2 Å². The van der Waals surface area contributed by atoms with Crippen LogP contribution in [0.1, 0.15) is 34.0 Å². The molecule has 0 saturated carbocycles. The van der Waals surface area contributed by atoms with Crippen LogP contribution < -0.4 is 20.5 Å². The highest BCUT2D eigenvalue weighted by Crippen LogP contribution is 2.35. The number of hydrazone groups is 1. The van der Waals surface area contributed by atoms with Crippen molar-refractivity contribution in [3.63, 3.8) is 0 Å². The highest BCUT2D eigenvalue weighted by atomic mass is 35.5. The van der Waals surface area contributed by atoms with E-state index in [0.29, 0.717) is 35.2 Å². The van der Waals surface area contributed by atoms with E-state index >= 15 is 0 Å². The van der Waals surface area contributed by atoms with E-state index in [1.807, 2.05) is 38.1 Å². The summed E-state index contributed by atoms with van der Waals surface area (Å²) in [5, 5.41) is 4.31. The number of aromatic nitrogens is 1. The van der Waals surface area contributed by atoms with Gasteiger partial charge in [-0.1, -0.05) is 41.4 Å². The minimum atomic E-state index is -0.603. The Balaban J connectivity index is 1.74. The van der Waals surface area contributed by atoms with Crippen molar-refractivity contribution in [3.8, 4) is 11.5 Å². The van der Waals surface area contributed by atoms with Crippen LogP contribution >= 0.6 is 11.6 Å². The summed E-state index contributed by atoms with van der Waals surface area (Å²) in [7, 11) is 1.51. The Bertz CT molecular complexity index is 1190. The standard InChI is InChI=1S/C24H24ClN3O4/c1-4-32-22-20(25)12-18(13-21(22)31-3)14-26-27-23(29)19-6-5-11-28(24(19)30)15-17-9-7-16(2)8-10-17/h5-14H,4,15H2,1-3H3,(H,27,29)/b26-14-. The van der Waals surface area contributed by atoms with Crippen molar-refractivity contribution in [1.82, 2.24) is 9.99 Å². The van der Waals surface area contributed by atoms with Gasteiger partial charge < -0.3 is 14.0 Å². The summed E-state index contributed by atoms with van der Waals surface area (Å²) in [4.78, 5) is 25.3. The second kappa shape index (κ2) is 10.6. The van der Waals surface area contributed by atoms with Crippen molar-refractivity contribution in [3.05, 3.63) is 92.4 Å². The number of rotatable bonds is 8. The second-order valence-corrected chi connectivity index (χ2v) is 7.41. The van der Waals surface area contributed by atoms with E-state index in [-0.39, 0.29) is 5.56 Å². The molecule has 3 rings (SSSR count). The third-order valence-corrected chi connectivity index (χ3v) is 4.94. The van der Waals surface area contributed by atoms with Gasteiger partial charge in [-0.3, -0.25) is 9.59 Å². The van der Waals surface area contributed by atoms with Crippen LogP contribution in [-0.2, 0) is 6.54 Å². The Hall–Kier alpha value is -3.58. The molecule has 3 aromatic rings. The fourth-order valence-corrected chi connectivity index (χ4v) is 3.32. The molecule has 0 aliphatic rings. The van der Waals surface area contributed by atoms with Gasteiger partial charge in [0.1, 0.15) is 5.56 Å². The zero-order valence-electron chi connectivity index (χ0n) is 18.1. The number of nitrogens with one attached hydrogen (secondary N) is 1. The summed E-state index contributed by atoms with van der Waals surface area (Å²) in [6, 6.07) is 14.3. The van der Waals surface area contributed by atoms with Crippen LogP contribution in [0.5, 0.6) is 11.5 Å². The molecule has 0 saturated heterocycles. The summed E-state index contributed by atoms with van der Waals surface area (Å²) in [6.45, 7) is 4.66. The van der Waals surface area contributed by atoms with E-state index in [9.17, 15) is 9.59 Å². The van der Waals surface area contributed by atoms with Crippen molar-refractivity contribution < 1.29 is 14.3 Å². The molecule has 0 radical (unpaired) electrons. The highest BCUT2D eigenvalue weighted by Gasteiger charge is 2.13. The van der Waals surface area contributed by atoms with Crippen LogP contribution in [0.15, 0.2) is 64.6 Å². The number of hydrogen-bond donors (Lipinski definition) is 1. The smallest absolute Gasteiger partial charge is 0.276 e. The number of benzene rings is 2. The third kappa shape index (κ3) is 5.56. The van der Waals surface area contributed by atoms with Gasteiger partial charge in [0, 0.05) is 6.20 Å². The van der Waals surface area contributed by atoms with Gasteiger partial charge in [0.15, 0.2) is 11.5 Å². The van der Waals surface area contributed by atoms with E-state index in [1.165, 1.54) is 24.0 Å². The van der Waals surface area contributed by atoms with E-state index in [4.69, 9.17) is 21.1 Å². The number of pyridine rings is 1. The molecule has 2 aromatic carbocycles. The first-order valence-corrected chi connectivity index (χ1v) is 10.4. The summed E-state index contributed by atoms with van der Waals surface area (Å²) >= 11 is 6.24. The predicted octanol–water partition coefficient (Wildman–Crippen LogP) is 4.03. The van der Waals surface area contributed by atoms with Gasteiger partial charge in [0.2, 0.25) is 0 Å². The molecule has 1 heterocycles. The Labute approximate surface area is 191 Å². The van der Waals surface area contributed by atoms with Crippen LogP contribution in [0.3, 0.4) is 0 Å². The van der Waals surface area contributed by atoms with Crippen molar-refractivity contribution in [1.29, 1.82) is 0 Å². The van der Waals surface area contributed by atoms with E-state index in [0.717, 1.165) is 11.1 Å². The summed E-state index contributed by atoms with van der Waals surface area (Å²) in [5.41, 5.74) is 4.69. The lowest BCUT2D eigenvalue weighted by molar-refractivity contribution is 0.0953. The minimum absolute atomic E-state index is 0.000863. The van der Waals surface area contributed by atoms with Crippen molar-refractivity contribution in [2.45, 2.75) is 20.4 Å². The normalized spacial score (nSPS) is 10.9. The molecule has 1 amide bonds. The largest absolute Gasteiger partial charge is 0.493 e. The van der Waals surface area contributed by atoms with Gasteiger partial charge in [-0.15, -0.1) is 0 Å². The lowest BCUT2D eigenvalue weighted by Gasteiger charge is -2.11. The lowest BCUT2D eigenvalue weighted by Crippen LogP contribution is -2.30. The van der Waals surface area contributed by atoms with Crippen LogP contribution in [0.25, 0.3) is 0 Å². The average Bonchev–Trinajstić information content (AvgIpc) is 2.78. The van der Waals surface area contributed by atoms with E-state index < -0.39 is 11.5 Å². The molecule has 0 aliphatic heterocycles. The molecule has 0 atom stereocenters. The first kappa shape index (κ1) is 23.1. The van der Waals surface area contributed by atoms with Gasteiger partial charge in [-0.2, -0.15) is 5.10 Å². The van der Waals surface area contributed by atoms with Crippen LogP contribution in [0, 0.1) is 6.92 Å². The zero-order valence-corrected chi connectivity index (χ0v) is 18.8. The lowest BCUT2D eigenvalue weighted by atomic mass is 10.1. The first-order valence-electron chi connectivity index (χ1n) is 10.0. The number of carbonyl (C=O) groups excluding carboxylic acids is 1. The van der Waals surface area contributed by atoms with E-state index in [1.54, 1.807) is 24.4 Å². The molecule has 0 bridgehead atoms. The van der Waals surface area contributed by atoms with Gasteiger partial charge in [0.05, 0.1) is 31.5 Å². The topological polar surface area (TPSA) is 81.9 Å². The molecule has 7 nitrogen and oxygen atoms in total. The monoisotopic (exact) mass is 453 g/mol. The molecular formula is C24H24ClN3O4. The van der Waals surface area contributed by atoms with Crippen LogP contribution in [0.2, 0.25) is 5.02 Å². The number of halogens is 1. The molecule has 0 fully saturated rings. The minimum Gasteiger partial charge on any atom is -0.493 e. The maximum Gasteiger partial charge on any atom is 0.276 e. The zero-order chi connectivity index (χ0) is 23.1. The third-order valence-electron chi connectivity index (χ3n) is 4.66. The number of nitrogens with zero attached hydrogens (tertiary/aromatic N) is 2. The maximum atomic E-state index is 12.7. The molecule has 0 aliphatic carbocycles. The molecule has 32 heavy (non-hydrogen) atoms. The number of amides is 1. The molecule has 0 spiro atoms. The highest BCUT2D eigenvalue weighted by molar-refractivity contribution is 6.32. The Morgan fingerprint density at radius 1 is 1.22 bits per heavy atom. The Morgan fingerprint density at radius 2 is 1.97 bits per heavy atom. The molecule has 0 unspecified atom stereocenters. The summed E-state index contributed by atoms with van der Waals surface area (Å²) in [6.07, 6.45) is 3.06. The quantitative estimate of drug-likeness (QED) is 0.412. The molecular weight excluding hydrogens is 430 g/mol. The van der Waals surface area contributed by atoms with Crippen LogP contribution in [-0.4, -0.2) is 30.4 Å². The van der Waals surface area contributed by atoms with Crippen LogP contribution in [0.4, 0.5) is 0 Å². The van der Waals surface area contributed by atoms with Crippen molar-refractivity contribution in [2.75, 3.05) is 13.7 Å². The van der Waals surface area contributed by atoms with Crippen molar-refractivity contribution in [2.24, 2.45) is 5.10 Å². The number of hydrogen-bond acceptors (Lipinski definition) is 5. The molecule has 8 heteroatoms. The summed E-state index contributed by atoms with van der Waals surface area (Å²) < 4.78 is 12.3. The summed E-state index contributed by atoms with van der Waals surface area (Å²) in [5.74, 6) is 0.291. The number of aryl methyl sites for hydroxylation is 1. The van der Waals surface area contributed by atoms with Gasteiger partial charge >= 0.3 is 0 Å². The fourth-order valence-electron chi connectivity index (χ4n) is 3.05. The number of methoxy groups -OCH3 is 1. The van der Waals surface area contributed by atoms with Gasteiger partial charge in [-0.25, -0.2) is 5.43 Å². The Morgan fingerprint density at radius 3 is 2.66 bits per heavy atom. The fraction of sp³-hybridized carbons (Fsp3) is 0.208. The molecule has 1 N–H and O–H groups in total. The maximum absolute atomic E-state index is 12.7.